The van der Waals surface area contributed by atoms with Gasteiger partial charge in [-0.3, -0.25) is 9.59 Å². The maximum Gasteiger partial charge on any atom is 0.224 e. The average molecular weight is 470 g/mol. The molecule has 0 heterocycles. The van der Waals surface area contributed by atoms with Crippen LogP contribution in [0.1, 0.15) is 87.2 Å². The number of carbonyl (C=O) groups excluding carboxylic acids is 2. The molecule has 0 bridgehead atoms. The van der Waals surface area contributed by atoms with Gasteiger partial charge in [0, 0.05) is 35.4 Å². The molecule has 0 aliphatic rings. The van der Waals surface area contributed by atoms with Gasteiger partial charge in [-0.1, -0.05) is 59.1 Å². The van der Waals surface area contributed by atoms with Crippen molar-refractivity contribution in [1.29, 1.82) is 0 Å². The highest BCUT2D eigenvalue weighted by molar-refractivity contribution is 5.93. The third kappa shape index (κ3) is 6.99. The molecule has 0 aliphatic carbocycles. The fraction of sp³-hybridized carbons (Fsp3) is 0.500. The molecule has 2 aromatic rings. The number of benzene rings is 2. The van der Waals surface area contributed by atoms with Crippen LogP contribution in [0, 0.1) is 0 Å². The van der Waals surface area contributed by atoms with Crippen LogP contribution in [-0.2, 0) is 10.2 Å². The highest BCUT2D eigenvalue weighted by Crippen LogP contribution is 2.43. The first kappa shape index (κ1) is 27.2. The summed E-state index contributed by atoms with van der Waals surface area (Å²) in [6.45, 7) is 8.40. The summed E-state index contributed by atoms with van der Waals surface area (Å²) in [5, 5.41) is 3.08. The van der Waals surface area contributed by atoms with Crippen molar-refractivity contribution in [2.45, 2.75) is 71.1 Å². The Balaban J connectivity index is 2.42. The van der Waals surface area contributed by atoms with Crippen LogP contribution in [0.4, 0.5) is 5.69 Å². The number of anilines is 1. The molecule has 1 unspecified atom stereocenters. The fourth-order valence-corrected chi connectivity index (χ4v) is 4.24. The number of hydrogen-bond donors (Lipinski definition) is 1. The number of nitrogens with one attached hydrogen (secondary N) is 1. The number of hydrogen-bond acceptors (Lipinski definition) is 5. The second-order valence-corrected chi connectivity index (χ2v) is 9.56. The van der Waals surface area contributed by atoms with Crippen LogP contribution in [0.15, 0.2) is 30.3 Å². The summed E-state index contributed by atoms with van der Waals surface area (Å²) < 4.78 is 16.8. The smallest absolute Gasteiger partial charge is 0.224 e. The van der Waals surface area contributed by atoms with Gasteiger partial charge in [0.15, 0.2) is 0 Å². The van der Waals surface area contributed by atoms with Crippen molar-refractivity contribution < 1.29 is 23.8 Å². The lowest BCUT2D eigenvalue weighted by Gasteiger charge is -2.25. The van der Waals surface area contributed by atoms with Crippen molar-refractivity contribution in [3.8, 4) is 17.2 Å². The summed E-state index contributed by atoms with van der Waals surface area (Å²) in [6.07, 6.45) is 5.03. The van der Waals surface area contributed by atoms with Gasteiger partial charge in [0.05, 0.1) is 21.3 Å². The predicted octanol–water partition coefficient (Wildman–Crippen LogP) is 6.52. The number of methoxy groups -OCH3 is 3. The summed E-state index contributed by atoms with van der Waals surface area (Å²) >= 11 is 0. The highest BCUT2D eigenvalue weighted by Gasteiger charge is 2.26. The molecule has 0 saturated heterocycles. The molecule has 0 aromatic heterocycles. The number of ether oxygens (including phenoxy) is 3. The molecular formula is C28H39NO5. The Morgan fingerprint density at radius 2 is 1.65 bits per heavy atom. The maximum absolute atomic E-state index is 13.3. The van der Waals surface area contributed by atoms with Crippen molar-refractivity contribution in [3.63, 3.8) is 0 Å². The fourth-order valence-electron chi connectivity index (χ4n) is 4.24. The number of amides is 1. The van der Waals surface area contributed by atoms with Gasteiger partial charge in [-0.2, -0.15) is 0 Å². The summed E-state index contributed by atoms with van der Waals surface area (Å²) in [7, 11) is 4.82. The summed E-state index contributed by atoms with van der Waals surface area (Å²) in [5.74, 6) is 1.70. The van der Waals surface area contributed by atoms with Crippen LogP contribution in [-0.4, -0.2) is 33.5 Å². The maximum atomic E-state index is 13.3. The first-order chi connectivity index (χ1) is 16.2. The van der Waals surface area contributed by atoms with Gasteiger partial charge in [-0.05, 0) is 29.4 Å². The third-order valence-corrected chi connectivity index (χ3v) is 6.01. The molecule has 0 aliphatic heterocycles. The zero-order chi connectivity index (χ0) is 25.3. The van der Waals surface area contributed by atoms with Crippen molar-refractivity contribution in [2.24, 2.45) is 0 Å². The molecular weight excluding hydrogens is 430 g/mol. The first-order valence-electron chi connectivity index (χ1n) is 11.9. The minimum atomic E-state index is -0.188. The van der Waals surface area contributed by atoms with E-state index in [2.05, 4.69) is 33.0 Å². The molecule has 1 N–H and O–H groups in total. The van der Waals surface area contributed by atoms with E-state index in [1.807, 2.05) is 18.2 Å². The number of carbonyl (C=O) groups is 2. The van der Waals surface area contributed by atoms with Gasteiger partial charge in [0.2, 0.25) is 5.91 Å². The molecule has 0 saturated carbocycles. The largest absolute Gasteiger partial charge is 0.496 e. The van der Waals surface area contributed by atoms with E-state index in [0.717, 1.165) is 43.1 Å². The molecule has 0 spiro atoms. The lowest BCUT2D eigenvalue weighted by atomic mass is 9.85. The Morgan fingerprint density at radius 3 is 2.15 bits per heavy atom. The van der Waals surface area contributed by atoms with E-state index in [1.165, 1.54) is 0 Å². The van der Waals surface area contributed by atoms with Gasteiger partial charge >= 0.3 is 0 Å². The van der Waals surface area contributed by atoms with Crippen molar-refractivity contribution in [2.75, 3.05) is 26.6 Å². The molecule has 0 fully saturated rings. The van der Waals surface area contributed by atoms with Crippen molar-refractivity contribution in [1.82, 2.24) is 0 Å². The topological polar surface area (TPSA) is 73.9 Å². The second kappa shape index (κ2) is 12.4. The molecule has 2 rings (SSSR count). The van der Waals surface area contributed by atoms with Gasteiger partial charge in [0.1, 0.15) is 23.5 Å². The molecule has 1 atom stereocenters. The first-order valence-corrected chi connectivity index (χ1v) is 11.9. The minimum Gasteiger partial charge on any atom is -0.496 e. The molecule has 34 heavy (non-hydrogen) atoms. The predicted molar refractivity (Wildman–Crippen MR) is 137 cm³/mol. The minimum absolute atomic E-state index is 0.102. The zero-order valence-electron chi connectivity index (χ0n) is 21.6. The van der Waals surface area contributed by atoms with E-state index in [4.69, 9.17) is 14.2 Å². The second-order valence-electron chi connectivity index (χ2n) is 9.56. The Kier molecular flexibility index (Phi) is 9.97. The van der Waals surface area contributed by atoms with E-state index in [1.54, 1.807) is 33.5 Å². The Hall–Kier alpha value is -3.02. The van der Waals surface area contributed by atoms with Gasteiger partial charge in [-0.25, -0.2) is 0 Å². The van der Waals surface area contributed by atoms with Crippen LogP contribution in [0.5, 0.6) is 17.2 Å². The Bertz CT molecular complexity index is 952. The van der Waals surface area contributed by atoms with Crippen LogP contribution < -0.4 is 19.5 Å². The molecule has 186 valence electrons. The lowest BCUT2D eigenvalue weighted by Crippen LogP contribution is -2.21. The van der Waals surface area contributed by atoms with E-state index >= 15 is 0 Å². The van der Waals surface area contributed by atoms with Crippen LogP contribution in [0.3, 0.4) is 0 Å². The number of unbranched alkanes of at least 4 members (excludes halogenated alkanes) is 2. The van der Waals surface area contributed by atoms with E-state index in [-0.39, 0.29) is 23.7 Å². The van der Waals surface area contributed by atoms with E-state index in [9.17, 15) is 9.59 Å². The van der Waals surface area contributed by atoms with Crippen LogP contribution >= 0.6 is 0 Å². The average Bonchev–Trinajstić information content (AvgIpc) is 2.81. The molecule has 2 aromatic carbocycles. The monoisotopic (exact) mass is 469 g/mol. The van der Waals surface area contributed by atoms with Gasteiger partial charge in [-0.15, -0.1) is 0 Å². The summed E-state index contributed by atoms with van der Waals surface area (Å²) in [6, 6.07) is 9.09. The van der Waals surface area contributed by atoms with Crippen molar-refractivity contribution in [3.05, 3.63) is 47.0 Å². The molecule has 0 radical (unpaired) electrons. The standard InChI is InChI=1S/C28H39NO5/c1-8-9-10-11-20(27-24(33-6)16-21(32-5)17-25(27)34-7)15-26(31)29-23-14-19(18-30)12-13-22(23)28(2,3)4/h12-14,16-18,20H,8-11,15H2,1-7H3,(H,29,31). The number of rotatable bonds is 12. The van der Waals surface area contributed by atoms with Gasteiger partial charge < -0.3 is 19.5 Å². The summed E-state index contributed by atoms with van der Waals surface area (Å²) in [4.78, 5) is 24.7. The molecule has 6 nitrogen and oxygen atoms in total. The zero-order valence-corrected chi connectivity index (χ0v) is 21.6. The van der Waals surface area contributed by atoms with E-state index < -0.39 is 0 Å². The quantitative estimate of drug-likeness (QED) is 0.283. The Morgan fingerprint density at radius 1 is 1.00 bits per heavy atom. The van der Waals surface area contributed by atoms with Crippen molar-refractivity contribution >= 4 is 17.9 Å². The van der Waals surface area contributed by atoms with Crippen LogP contribution in [0.2, 0.25) is 0 Å². The summed E-state index contributed by atoms with van der Waals surface area (Å²) in [5.41, 5.74) is 2.86. The Labute approximate surface area is 204 Å². The highest BCUT2D eigenvalue weighted by atomic mass is 16.5. The molecule has 1 amide bonds. The van der Waals surface area contributed by atoms with Crippen LogP contribution in [0.25, 0.3) is 0 Å². The van der Waals surface area contributed by atoms with E-state index in [0.29, 0.717) is 28.5 Å². The lowest BCUT2D eigenvalue weighted by molar-refractivity contribution is -0.116. The molecule has 6 heteroatoms. The van der Waals surface area contributed by atoms with Gasteiger partial charge in [0.25, 0.3) is 0 Å². The SMILES string of the molecule is CCCCCC(CC(=O)Nc1cc(C=O)ccc1C(C)(C)C)c1c(OC)cc(OC)cc1OC. The third-order valence-electron chi connectivity index (χ3n) is 6.01. The number of aldehydes is 1. The normalized spacial score (nSPS) is 12.1.